The highest BCUT2D eigenvalue weighted by Crippen LogP contribution is 2.31. The van der Waals surface area contributed by atoms with Gasteiger partial charge in [0.2, 0.25) is 0 Å². The monoisotopic (exact) mass is 392 g/mol. The molecule has 2 N–H and O–H groups in total. The van der Waals surface area contributed by atoms with Crippen LogP contribution in [0.3, 0.4) is 0 Å². The second kappa shape index (κ2) is 9.21. The van der Waals surface area contributed by atoms with Crippen LogP contribution in [-0.4, -0.2) is 17.1 Å². The van der Waals surface area contributed by atoms with E-state index >= 15 is 0 Å². The molecule has 3 aromatic carbocycles. The standard InChI is InChI=1S/C23H24N2O4/c1-16-3-5-17(6-4-16)22(24-19-9-11-20(12-10-19)25(27)28)15-23(26)18-7-13-21(29-2)14-8-18/h3-14,22-24,26H,15H2,1-2H3. The number of nitrogens with one attached hydrogen (secondary N) is 1. The Balaban J connectivity index is 1.82. The number of nitro benzene ring substituents is 1. The van der Waals surface area contributed by atoms with Crippen LogP contribution in [0, 0.1) is 17.0 Å². The number of methoxy groups -OCH3 is 1. The van der Waals surface area contributed by atoms with E-state index in [2.05, 4.69) is 5.32 Å². The average Bonchev–Trinajstić information content (AvgIpc) is 2.74. The summed E-state index contributed by atoms with van der Waals surface area (Å²) in [6, 6.07) is 21.6. The number of ether oxygens (including phenoxy) is 1. The van der Waals surface area contributed by atoms with Crippen molar-refractivity contribution in [3.05, 3.63) is 99.6 Å². The number of aryl methyl sites for hydroxylation is 1. The van der Waals surface area contributed by atoms with Crippen molar-refractivity contribution >= 4 is 11.4 Å². The van der Waals surface area contributed by atoms with Gasteiger partial charge in [0.25, 0.3) is 5.69 Å². The second-order valence-corrected chi connectivity index (χ2v) is 6.94. The molecule has 3 rings (SSSR count). The molecule has 0 aliphatic heterocycles. The first-order valence-electron chi connectivity index (χ1n) is 9.36. The molecule has 0 aromatic heterocycles. The molecule has 6 nitrogen and oxygen atoms in total. The largest absolute Gasteiger partial charge is 0.497 e. The average molecular weight is 392 g/mol. The molecule has 0 aliphatic carbocycles. The zero-order valence-corrected chi connectivity index (χ0v) is 16.4. The zero-order chi connectivity index (χ0) is 20.8. The van der Waals surface area contributed by atoms with Crippen LogP contribution in [0.15, 0.2) is 72.8 Å². The number of benzene rings is 3. The number of anilines is 1. The van der Waals surface area contributed by atoms with Crippen molar-refractivity contribution in [1.82, 2.24) is 0 Å². The maximum absolute atomic E-state index is 10.9. The van der Waals surface area contributed by atoms with Crippen molar-refractivity contribution in [1.29, 1.82) is 0 Å². The van der Waals surface area contributed by atoms with E-state index in [0.29, 0.717) is 6.42 Å². The smallest absolute Gasteiger partial charge is 0.269 e. The lowest BCUT2D eigenvalue weighted by Gasteiger charge is -2.24. The minimum Gasteiger partial charge on any atom is -0.497 e. The van der Waals surface area contributed by atoms with Crippen LogP contribution in [0.4, 0.5) is 11.4 Å². The highest BCUT2D eigenvalue weighted by molar-refractivity contribution is 5.50. The van der Waals surface area contributed by atoms with Crippen LogP contribution < -0.4 is 10.1 Å². The van der Waals surface area contributed by atoms with E-state index in [1.165, 1.54) is 12.1 Å². The van der Waals surface area contributed by atoms with Gasteiger partial charge in [-0.2, -0.15) is 0 Å². The van der Waals surface area contributed by atoms with Gasteiger partial charge < -0.3 is 15.2 Å². The number of rotatable bonds is 8. The van der Waals surface area contributed by atoms with Gasteiger partial charge in [0.1, 0.15) is 5.75 Å². The van der Waals surface area contributed by atoms with E-state index in [0.717, 1.165) is 28.1 Å². The summed E-state index contributed by atoms with van der Waals surface area (Å²) in [7, 11) is 1.60. The third-order valence-corrected chi connectivity index (χ3v) is 4.86. The van der Waals surface area contributed by atoms with E-state index in [-0.39, 0.29) is 11.7 Å². The van der Waals surface area contributed by atoms with Gasteiger partial charge >= 0.3 is 0 Å². The third-order valence-electron chi connectivity index (χ3n) is 4.86. The summed E-state index contributed by atoms with van der Waals surface area (Å²) < 4.78 is 5.17. The van der Waals surface area contributed by atoms with Crippen molar-refractivity contribution in [3.63, 3.8) is 0 Å². The van der Waals surface area contributed by atoms with Gasteiger partial charge in [-0.05, 0) is 42.3 Å². The molecule has 29 heavy (non-hydrogen) atoms. The lowest BCUT2D eigenvalue weighted by atomic mass is 9.95. The topological polar surface area (TPSA) is 84.6 Å². The molecular weight excluding hydrogens is 368 g/mol. The highest BCUT2D eigenvalue weighted by Gasteiger charge is 2.18. The van der Waals surface area contributed by atoms with Crippen molar-refractivity contribution in [2.45, 2.75) is 25.5 Å². The van der Waals surface area contributed by atoms with E-state index in [1.54, 1.807) is 19.2 Å². The minimum absolute atomic E-state index is 0.0423. The van der Waals surface area contributed by atoms with Crippen LogP contribution in [0.2, 0.25) is 0 Å². The fraction of sp³-hybridized carbons (Fsp3) is 0.217. The number of non-ortho nitro benzene ring substituents is 1. The van der Waals surface area contributed by atoms with Crippen LogP contribution in [0.5, 0.6) is 5.75 Å². The summed E-state index contributed by atoms with van der Waals surface area (Å²) in [6.07, 6.45) is -0.246. The summed E-state index contributed by atoms with van der Waals surface area (Å²) in [5.41, 5.74) is 3.78. The van der Waals surface area contributed by atoms with Gasteiger partial charge in [0.05, 0.1) is 24.2 Å². The van der Waals surface area contributed by atoms with Crippen molar-refractivity contribution in [2.24, 2.45) is 0 Å². The number of hydrogen-bond acceptors (Lipinski definition) is 5. The summed E-state index contributed by atoms with van der Waals surface area (Å²) in [5.74, 6) is 0.736. The van der Waals surface area contributed by atoms with E-state index < -0.39 is 11.0 Å². The number of hydrogen-bond donors (Lipinski definition) is 2. The first kappa shape index (κ1) is 20.4. The van der Waals surface area contributed by atoms with Gasteiger partial charge in [-0.1, -0.05) is 42.0 Å². The Morgan fingerprint density at radius 2 is 1.55 bits per heavy atom. The maximum Gasteiger partial charge on any atom is 0.269 e. The molecule has 0 aliphatic rings. The SMILES string of the molecule is COc1ccc(C(O)CC(Nc2ccc([N+](=O)[O-])cc2)c2ccc(C)cc2)cc1. The fourth-order valence-corrected chi connectivity index (χ4v) is 3.14. The Hall–Kier alpha value is -3.38. The molecule has 0 saturated heterocycles. The molecule has 6 heteroatoms. The van der Waals surface area contributed by atoms with Gasteiger partial charge in [0.15, 0.2) is 0 Å². The van der Waals surface area contributed by atoms with Crippen molar-refractivity contribution < 1.29 is 14.8 Å². The van der Waals surface area contributed by atoms with Crippen LogP contribution >= 0.6 is 0 Å². The number of nitro groups is 1. The van der Waals surface area contributed by atoms with Crippen LogP contribution in [0.1, 0.15) is 35.3 Å². The lowest BCUT2D eigenvalue weighted by molar-refractivity contribution is -0.384. The molecule has 0 saturated carbocycles. The normalized spacial score (nSPS) is 12.8. The Bertz CT molecular complexity index is 938. The van der Waals surface area contributed by atoms with Crippen LogP contribution in [-0.2, 0) is 0 Å². The molecule has 0 radical (unpaired) electrons. The first-order chi connectivity index (χ1) is 14.0. The number of aliphatic hydroxyl groups excluding tert-OH is 1. The predicted molar refractivity (Wildman–Crippen MR) is 113 cm³/mol. The van der Waals surface area contributed by atoms with Crippen molar-refractivity contribution in [2.75, 3.05) is 12.4 Å². The minimum atomic E-state index is -0.683. The van der Waals surface area contributed by atoms with Crippen molar-refractivity contribution in [3.8, 4) is 5.75 Å². The number of aliphatic hydroxyl groups is 1. The zero-order valence-electron chi connectivity index (χ0n) is 16.4. The lowest BCUT2D eigenvalue weighted by Crippen LogP contribution is -2.15. The molecule has 0 fully saturated rings. The summed E-state index contributed by atoms with van der Waals surface area (Å²) >= 11 is 0. The summed E-state index contributed by atoms with van der Waals surface area (Å²) in [4.78, 5) is 10.5. The van der Waals surface area contributed by atoms with E-state index in [1.807, 2.05) is 55.5 Å². The van der Waals surface area contributed by atoms with E-state index in [4.69, 9.17) is 4.74 Å². The Morgan fingerprint density at radius 3 is 2.10 bits per heavy atom. The highest BCUT2D eigenvalue weighted by atomic mass is 16.6. The molecule has 0 amide bonds. The van der Waals surface area contributed by atoms with Gasteiger partial charge in [-0.25, -0.2) is 0 Å². The number of nitrogens with zero attached hydrogens (tertiary/aromatic N) is 1. The molecule has 2 unspecified atom stereocenters. The maximum atomic E-state index is 10.9. The summed E-state index contributed by atoms with van der Waals surface area (Å²) in [6.45, 7) is 2.02. The second-order valence-electron chi connectivity index (χ2n) is 6.94. The Kier molecular flexibility index (Phi) is 6.46. The van der Waals surface area contributed by atoms with Gasteiger partial charge in [0, 0.05) is 24.2 Å². The first-order valence-corrected chi connectivity index (χ1v) is 9.36. The van der Waals surface area contributed by atoms with Gasteiger partial charge in [-0.15, -0.1) is 0 Å². The van der Waals surface area contributed by atoms with Gasteiger partial charge in [-0.3, -0.25) is 10.1 Å². The molecule has 150 valence electrons. The molecule has 0 heterocycles. The molecule has 3 aromatic rings. The quantitative estimate of drug-likeness (QED) is 0.407. The summed E-state index contributed by atoms with van der Waals surface area (Å²) in [5, 5.41) is 25.1. The van der Waals surface area contributed by atoms with Crippen LogP contribution in [0.25, 0.3) is 0 Å². The predicted octanol–water partition coefficient (Wildman–Crippen LogP) is 5.19. The molecule has 0 spiro atoms. The molecule has 2 atom stereocenters. The Morgan fingerprint density at radius 1 is 0.966 bits per heavy atom. The Labute approximate surface area is 169 Å². The fourth-order valence-electron chi connectivity index (χ4n) is 3.14. The molecular formula is C23H24N2O4. The molecule has 0 bridgehead atoms. The third kappa shape index (κ3) is 5.33. The van der Waals surface area contributed by atoms with E-state index in [9.17, 15) is 15.2 Å².